The van der Waals surface area contributed by atoms with Gasteiger partial charge >= 0.3 is 0 Å². The summed E-state index contributed by atoms with van der Waals surface area (Å²) in [6, 6.07) is 14.0. The number of nitrogens with zero attached hydrogens (tertiary/aromatic N) is 1. The first-order chi connectivity index (χ1) is 10.7. The first kappa shape index (κ1) is 14.3. The Morgan fingerprint density at radius 1 is 0.955 bits per heavy atom. The summed E-state index contributed by atoms with van der Waals surface area (Å²) >= 11 is 0. The van der Waals surface area contributed by atoms with Gasteiger partial charge in [0.2, 0.25) is 0 Å². The molecule has 4 nitrogen and oxygen atoms in total. The summed E-state index contributed by atoms with van der Waals surface area (Å²) in [5.74, 6) is 1.66. The average molecular weight is 296 g/mol. The second-order valence-electron chi connectivity index (χ2n) is 5.13. The molecule has 3 aromatic rings. The van der Waals surface area contributed by atoms with Crippen LogP contribution < -0.4 is 15.2 Å². The van der Waals surface area contributed by atoms with Crippen LogP contribution in [0.4, 0.5) is 5.69 Å². The average Bonchev–Trinajstić information content (AvgIpc) is 2.86. The van der Waals surface area contributed by atoms with E-state index >= 15 is 0 Å². The molecule has 0 atom stereocenters. The standard InChI is InChI=1S/C18H20N2O2/c1-4-16-18(19)15-10-9-14(22-3)11-17(15)20(16)12-5-7-13(21-2)8-6-12/h5-11H,4,19H2,1-3H3. The van der Waals surface area contributed by atoms with E-state index in [1.807, 2.05) is 42.5 Å². The third kappa shape index (κ3) is 2.17. The molecular weight excluding hydrogens is 276 g/mol. The SMILES string of the molecule is CCc1c(N)c2ccc(OC)cc2n1-c1ccc(OC)cc1. The second kappa shape index (κ2) is 5.64. The molecule has 0 saturated carbocycles. The number of anilines is 1. The van der Waals surface area contributed by atoms with Crippen LogP contribution in [0.1, 0.15) is 12.6 Å². The molecule has 0 aliphatic carbocycles. The van der Waals surface area contributed by atoms with Gasteiger partial charge in [-0.05, 0) is 42.8 Å². The lowest BCUT2D eigenvalue weighted by Gasteiger charge is -2.11. The maximum absolute atomic E-state index is 6.35. The zero-order valence-corrected chi connectivity index (χ0v) is 13.1. The monoisotopic (exact) mass is 296 g/mol. The highest BCUT2D eigenvalue weighted by Gasteiger charge is 2.15. The molecule has 114 valence electrons. The van der Waals surface area contributed by atoms with Crippen molar-refractivity contribution >= 4 is 16.6 Å². The number of nitrogen functional groups attached to an aromatic ring is 1. The third-order valence-corrected chi connectivity index (χ3v) is 3.98. The number of ether oxygens (including phenoxy) is 2. The first-order valence-electron chi connectivity index (χ1n) is 7.30. The van der Waals surface area contributed by atoms with Crippen LogP contribution in [-0.2, 0) is 6.42 Å². The predicted molar refractivity (Wildman–Crippen MR) is 90.2 cm³/mol. The summed E-state index contributed by atoms with van der Waals surface area (Å²) in [6.07, 6.45) is 0.856. The van der Waals surface area contributed by atoms with E-state index in [0.29, 0.717) is 0 Å². The van der Waals surface area contributed by atoms with Crippen molar-refractivity contribution in [2.75, 3.05) is 20.0 Å². The Balaban J connectivity index is 2.29. The first-order valence-corrected chi connectivity index (χ1v) is 7.30. The summed E-state index contributed by atoms with van der Waals surface area (Å²) in [4.78, 5) is 0. The van der Waals surface area contributed by atoms with Crippen LogP contribution in [-0.4, -0.2) is 18.8 Å². The maximum Gasteiger partial charge on any atom is 0.120 e. The van der Waals surface area contributed by atoms with Gasteiger partial charge in [0.05, 0.1) is 25.4 Å². The van der Waals surface area contributed by atoms with Gasteiger partial charge in [0, 0.05) is 22.8 Å². The lowest BCUT2D eigenvalue weighted by Crippen LogP contribution is -2.01. The Labute approximate surface area is 130 Å². The lowest BCUT2D eigenvalue weighted by molar-refractivity contribution is 0.414. The van der Waals surface area contributed by atoms with E-state index in [2.05, 4.69) is 11.5 Å². The molecule has 3 rings (SSSR count). The normalized spacial score (nSPS) is 10.9. The van der Waals surface area contributed by atoms with Gasteiger partial charge in [-0.15, -0.1) is 0 Å². The number of methoxy groups -OCH3 is 2. The number of aromatic nitrogens is 1. The van der Waals surface area contributed by atoms with Crippen molar-refractivity contribution in [2.45, 2.75) is 13.3 Å². The number of hydrogen-bond acceptors (Lipinski definition) is 3. The van der Waals surface area contributed by atoms with E-state index in [-0.39, 0.29) is 0 Å². The highest BCUT2D eigenvalue weighted by Crippen LogP contribution is 2.34. The van der Waals surface area contributed by atoms with Crippen molar-refractivity contribution in [1.29, 1.82) is 0 Å². The highest BCUT2D eigenvalue weighted by molar-refractivity contribution is 5.96. The summed E-state index contributed by atoms with van der Waals surface area (Å²) in [6.45, 7) is 2.11. The smallest absolute Gasteiger partial charge is 0.120 e. The van der Waals surface area contributed by atoms with Crippen molar-refractivity contribution < 1.29 is 9.47 Å². The van der Waals surface area contributed by atoms with E-state index in [1.165, 1.54) is 0 Å². The van der Waals surface area contributed by atoms with E-state index in [9.17, 15) is 0 Å². The van der Waals surface area contributed by atoms with Crippen molar-refractivity contribution in [3.05, 3.63) is 48.2 Å². The molecule has 0 aliphatic heterocycles. The molecule has 4 heteroatoms. The number of fused-ring (bicyclic) bond motifs is 1. The minimum atomic E-state index is 0.822. The highest BCUT2D eigenvalue weighted by atomic mass is 16.5. The molecule has 0 unspecified atom stereocenters. The van der Waals surface area contributed by atoms with E-state index in [0.717, 1.165) is 45.9 Å². The summed E-state index contributed by atoms with van der Waals surface area (Å²) in [5, 5.41) is 1.05. The summed E-state index contributed by atoms with van der Waals surface area (Å²) in [7, 11) is 3.34. The Kier molecular flexibility index (Phi) is 3.67. The van der Waals surface area contributed by atoms with Gasteiger partial charge in [-0.3, -0.25) is 0 Å². The van der Waals surface area contributed by atoms with Crippen LogP contribution in [0.5, 0.6) is 11.5 Å². The molecule has 2 N–H and O–H groups in total. The van der Waals surface area contributed by atoms with Gasteiger partial charge < -0.3 is 19.8 Å². The Bertz CT molecular complexity index is 804. The van der Waals surface area contributed by atoms with Crippen LogP contribution in [0.25, 0.3) is 16.6 Å². The van der Waals surface area contributed by atoms with Crippen molar-refractivity contribution in [2.24, 2.45) is 0 Å². The van der Waals surface area contributed by atoms with Crippen molar-refractivity contribution in [3.8, 4) is 17.2 Å². The molecule has 0 radical (unpaired) electrons. The largest absolute Gasteiger partial charge is 0.497 e. The molecule has 0 bridgehead atoms. The van der Waals surface area contributed by atoms with Gasteiger partial charge in [-0.25, -0.2) is 0 Å². The number of rotatable bonds is 4. The van der Waals surface area contributed by atoms with Crippen LogP contribution in [0.3, 0.4) is 0 Å². The molecule has 1 aromatic heterocycles. The van der Waals surface area contributed by atoms with Crippen molar-refractivity contribution in [3.63, 3.8) is 0 Å². The summed E-state index contributed by atoms with van der Waals surface area (Å²) in [5.41, 5.74) is 10.4. The second-order valence-corrected chi connectivity index (χ2v) is 5.13. The fourth-order valence-corrected chi connectivity index (χ4v) is 2.85. The molecule has 2 aromatic carbocycles. The molecule has 0 spiro atoms. The van der Waals surface area contributed by atoms with Gasteiger partial charge in [-0.1, -0.05) is 6.92 Å². The van der Waals surface area contributed by atoms with Gasteiger partial charge in [-0.2, -0.15) is 0 Å². The minimum absolute atomic E-state index is 0.822. The quantitative estimate of drug-likeness (QED) is 0.797. The number of nitrogens with two attached hydrogens (primary N) is 1. The van der Waals surface area contributed by atoms with Gasteiger partial charge in [0.15, 0.2) is 0 Å². The molecule has 0 fully saturated rings. The van der Waals surface area contributed by atoms with Crippen LogP contribution in [0.2, 0.25) is 0 Å². The number of benzene rings is 2. The third-order valence-electron chi connectivity index (χ3n) is 3.98. The molecule has 22 heavy (non-hydrogen) atoms. The molecule has 1 heterocycles. The Morgan fingerprint density at radius 2 is 1.59 bits per heavy atom. The molecule has 0 saturated heterocycles. The predicted octanol–water partition coefficient (Wildman–Crippen LogP) is 3.79. The van der Waals surface area contributed by atoms with Gasteiger partial charge in [0.25, 0.3) is 0 Å². The van der Waals surface area contributed by atoms with Crippen LogP contribution >= 0.6 is 0 Å². The number of hydrogen-bond donors (Lipinski definition) is 1. The maximum atomic E-state index is 6.35. The van der Waals surface area contributed by atoms with Crippen LogP contribution in [0, 0.1) is 0 Å². The van der Waals surface area contributed by atoms with Gasteiger partial charge in [0.1, 0.15) is 11.5 Å². The molecule has 0 aliphatic rings. The summed E-state index contributed by atoms with van der Waals surface area (Å²) < 4.78 is 12.8. The zero-order chi connectivity index (χ0) is 15.7. The zero-order valence-electron chi connectivity index (χ0n) is 13.1. The van der Waals surface area contributed by atoms with Crippen molar-refractivity contribution in [1.82, 2.24) is 4.57 Å². The molecule has 0 amide bonds. The van der Waals surface area contributed by atoms with E-state index in [4.69, 9.17) is 15.2 Å². The fraction of sp³-hybridized carbons (Fsp3) is 0.222. The Hall–Kier alpha value is -2.62. The fourth-order valence-electron chi connectivity index (χ4n) is 2.85. The minimum Gasteiger partial charge on any atom is -0.497 e. The van der Waals surface area contributed by atoms with E-state index in [1.54, 1.807) is 14.2 Å². The van der Waals surface area contributed by atoms with Crippen LogP contribution in [0.15, 0.2) is 42.5 Å². The lowest BCUT2D eigenvalue weighted by atomic mass is 10.2. The molecular formula is C18H20N2O2. The Morgan fingerprint density at radius 3 is 2.18 bits per heavy atom. The topological polar surface area (TPSA) is 49.4 Å². The van der Waals surface area contributed by atoms with E-state index < -0.39 is 0 Å².